The van der Waals surface area contributed by atoms with E-state index in [4.69, 9.17) is 17.3 Å². The van der Waals surface area contributed by atoms with Crippen molar-refractivity contribution in [3.8, 4) is 0 Å². The van der Waals surface area contributed by atoms with Gasteiger partial charge in [0.25, 0.3) is 0 Å². The molecule has 0 fully saturated rings. The van der Waals surface area contributed by atoms with Crippen molar-refractivity contribution >= 4 is 11.6 Å². The first-order chi connectivity index (χ1) is 7.13. The van der Waals surface area contributed by atoms with Crippen LogP contribution in [0.25, 0.3) is 0 Å². The van der Waals surface area contributed by atoms with Crippen LogP contribution >= 0.6 is 11.6 Å². The maximum absolute atomic E-state index is 5.85. The van der Waals surface area contributed by atoms with Gasteiger partial charge >= 0.3 is 0 Å². The molecule has 0 heterocycles. The largest absolute Gasteiger partial charge is 0.330 e. The van der Waals surface area contributed by atoms with Crippen molar-refractivity contribution in [3.05, 3.63) is 34.9 Å². The molecule has 0 aliphatic carbocycles. The molecule has 0 bridgehead atoms. The highest BCUT2D eigenvalue weighted by molar-refractivity contribution is 6.30. The van der Waals surface area contributed by atoms with E-state index in [-0.39, 0.29) is 0 Å². The van der Waals surface area contributed by atoms with Crippen LogP contribution in [0.15, 0.2) is 24.3 Å². The van der Waals surface area contributed by atoms with Crippen molar-refractivity contribution in [2.75, 3.05) is 27.2 Å². The molecular formula is C12H19ClN2. The van der Waals surface area contributed by atoms with Gasteiger partial charge in [-0.3, -0.25) is 0 Å². The van der Waals surface area contributed by atoms with Gasteiger partial charge in [0.1, 0.15) is 0 Å². The third-order valence-electron chi connectivity index (χ3n) is 2.55. The lowest BCUT2D eigenvalue weighted by Gasteiger charge is -2.18. The Labute approximate surface area is 97.0 Å². The SMILES string of the molecule is CN(C)CCC(CN)c1ccc(Cl)cc1. The van der Waals surface area contributed by atoms with E-state index in [9.17, 15) is 0 Å². The highest BCUT2D eigenvalue weighted by Crippen LogP contribution is 2.20. The van der Waals surface area contributed by atoms with Gasteiger partial charge in [0.15, 0.2) is 0 Å². The molecule has 3 heteroatoms. The number of nitrogens with zero attached hydrogens (tertiary/aromatic N) is 1. The number of hydrogen-bond donors (Lipinski definition) is 1. The molecule has 0 aliphatic rings. The van der Waals surface area contributed by atoms with E-state index in [2.05, 4.69) is 31.1 Å². The fraction of sp³-hybridized carbons (Fsp3) is 0.500. The van der Waals surface area contributed by atoms with Gasteiger partial charge in [-0.25, -0.2) is 0 Å². The molecule has 1 aromatic carbocycles. The molecule has 2 nitrogen and oxygen atoms in total. The Hall–Kier alpha value is -0.570. The predicted octanol–water partition coefficient (Wildman–Crippen LogP) is 2.33. The molecule has 0 saturated carbocycles. The third kappa shape index (κ3) is 4.20. The summed E-state index contributed by atoms with van der Waals surface area (Å²) in [6.45, 7) is 1.75. The quantitative estimate of drug-likeness (QED) is 0.835. The minimum absolute atomic E-state index is 0.435. The van der Waals surface area contributed by atoms with E-state index in [1.165, 1.54) is 5.56 Å². The van der Waals surface area contributed by atoms with E-state index < -0.39 is 0 Å². The Kier molecular flexibility index (Phi) is 5.09. The summed E-state index contributed by atoms with van der Waals surface area (Å²) in [5, 5.41) is 0.780. The lowest BCUT2D eigenvalue weighted by molar-refractivity contribution is 0.382. The first kappa shape index (κ1) is 12.5. The first-order valence-corrected chi connectivity index (χ1v) is 5.61. The summed E-state index contributed by atoms with van der Waals surface area (Å²) in [6.07, 6.45) is 1.09. The minimum atomic E-state index is 0.435. The lowest BCUT2D eigenvalue weighted by atomic mass is 9.96. The van der Waals surface area contributed by atoms with Crippen molar-refractivity contribution in [2.45, 2.75) is 12.3 Å². The van der Waals surface area contributed by atoms with Crippen molar-refractivity contribution in [2.24, 2.45) is 5.73 Å². The fourth-order valence-corrected chi connectivity index (χ4v) is 1.70. The van der Waals surface area contributed by atoms with E-state index in [0.29, 0.717) is 12.5 Å². The molecule has 15 heavy (non-hydrogen) atoms. The summed E-state index contributed by atoms with van der Waals surface area (Å²) >= 11 is 5.85. The molecule has 1 rings (SSSR count). The van der Waals surface area contributed by atoms with Gasteiger partial charge in [0.05, 0.1) is 0 Å². The number of hydrogen-bond acceptors (Lipinski definition) is 2. The van der Waals surface area contributed by atoms with Crippen molar-refractivity contribution in [3.63, 3.8) is 0 Å². The normalized spacial score (nSPS) is 13.1. The van der Waals surface area contributed by atoms with Gasteiger partial charge in [-0.15, -0.1) is 0 Å². The lowest BCUT2D eigenvalue weighted by Crippen LogP contribution is -2.20. The number of halogens is 1. The summed E-state index contributed by atoms with van der Waals surface area (Å²) in [6, 6.07) is 7.98. The standard InChI is InChI=1S/C12H19ClN2/c1-15(2)8-7-11(9-14)10-3-5-12(13)6-4-10/h3-6,11H,7-9,14H2,1-2H3. The zero-order chi connectivity index (χ0) is 11.3. The van der Waals surface area contributed by atoms with E-state index in [1.807, 2.05) is 12.1 Å². The number of nitrogens with two attached hydrogens (primary N) is 1. The van der Waals surface area contributed by atoms with Crippen LogP contribution in [0.3, 0.4) is 0 Å². The molecule has 1 aromatic rings. The summed E-state index contributed by atoms with van der Waals surface area (Å²) in [4.78, 5) is 2.18. The van der Waals surface area contributed by atoms with Crippen LogP contribution in [-0.4, -0.2) is 32.1 Å². The second kappa shape index (κ2) is 6.11. The molecule has 2 N–H and O–H groups in total. The monoisotopic (exact) mass is 226 g/mol. The molecule has 0 radical (unpaired) electrons. The Morgan fingerprint density at radius 3 is 2.33 bits per heavy atom. The van der Waals surface area contributed by atoms with Crippen LogP contribution < -0.4 is 5.73 Å². The van der Waals surface area contributed by atoms with Crippen LogP contribution in [-0.2, 0) is 0 Å². The van der Waals surface area contributed by atoms with Crippen LogP contribution in [0.5, 0.6) is 0 Å². The second-order valence-corrected chi connectivity index (χ2v) is 4.51. The molecule has 0 aromatic heterocycles. The smallest absolute Gasteiger partial charge is 0.0406 e. The van der Waals surface area contributed by atoms with Crippen LogP contribution in [0, 0.1) is 0 Å². The number of rotatable bonds is 5. The molecule has 1 unspecified atom stereocenters. The van der Waals surface area contributed by atoms with Crippen LogP contribution in [0.2, 0.25) is 5.02 Å². The zero-order valence-corrected chi connectivity index (χ0v) is 10.2. The van der Waals surface area contributed by atoms with E-state index in [0.717, 1.165) is 18.0 Å². The van der Waals surface area contributed by atoms with Crippen LogP contribution in [0.1, 0.15) is 17.9 Å². The molecule has 0 saturated heterocycles. The fourth-order valence-electron chi connectivity index (χ4n) is 1.57. The Bertz CT molecular complexity index is 282. The zero-order valence-electron chi connectivity index (χ0n) is 9.41. The Morgan fingerprint density at radius 2 is 1.87 bits per heavy atom. The van der Waals surface area contributed by atoms with Crippen molar-refractivity contribution in [1.82, 2.24) is 4.90 Å². The highest BCUT2D eigenvalue weighted by atomic mass is 35.5. The van der Waals surface area contributed by atoms with Gasteiger partial charge < -0.3 is 10.6 Å². The molecule has 0 aliphatic heterocycles. The molecule has 0 amide bonds. The van der Waals surface area contributed by atoms with Crippen molar-refractivity contribution < 1.29 is 0 Å². The first-order valence-electron chi connectivity index (χ1n) is 5.23. The number of benzene rings is 1. The summed E-state index contributed by atoms with van der Waals surface area (Å²) in [7, 11) is 4.16. The van der Waals surface area contributed by atoms with E-state index in [1.54, 1.807) is 0 Å². The van der Waals surface area contributed by atoms with Gasteiger partial charge in [-0.1, -0.05) is 23.7 Å². The second-order valence-electron chi connectivity index (χ2n) is 4.08. The average Bonchev–Trinajstić information content (AvgIpc) is 2.21. The minimum Gasteiger partial charge on any atom is -0.330 e. The Balaban J connectivity index is 2.61. The topological polar surface area (TPSA) is 29.3 Å². The van der Waals surface area contributed by atoms with Crippen LogP contribution in [0.4, 0.5) is 0 Å². The molecule has 0 spiro atoms. The summed E-state index contributed by atoms with van der Waals surface area (Å²) in [5.74, 6) is 0.435. The predicted molar refractivity (Wildman–Crippen MR) is 66.4 cm³/mol. The molecule has 84 valence electrons. The molecular weight excluding hydrogens is 208 g/mol. The molecule has 1 atom stereocenters. The summed E-state index contributed by atoms with van der Waals surface area (Å²) < 4.78 is 0. The van der Waals surface area contributed by atoms with Gasteiger partial charge in [-0.05, 0) is 57.2 Å². The van der Waals surface area contributed by atoms with E-state index >= 15 is 0 Å². The van der Waals surface area contributed by atoms with Gasteiger partial charge in [0.2, 0.25) is 0 Å². The third-order valence-corrected chi connectivity index (χ3v) is 2.80. The van der Waals surface area contributed by atoms with Crippen molar-refractivity contribution in [1.29, 1.82) is 0 Å². The van der Waals surface area contributed by atoms with Gasteiger partial charge in [0, 0.05) is 5.02 Å². The maximum atomic E-state index is 5.85. The Morgan fingerprint density at radius 1 is 1.27 bits per heavy atom. The highest BCUT2D eigenvalue weighted by Gasteiger charge is 2.09. The maximum Gasteiger partial charge on any atom is 0.0406 e. The summed E-state index contributed by atoms with van der Waals surface area (Å²) in [5.41, 5.74) is 7.06. The average molecular weight is 227 g/mol. The van der Waals surface area contributed by atoms with Gasteiger partial charge in [-0.2, -0.15) is 0 Å².